The number of carbonyl (C=O) groups excluding carboxylic acids is 3. The first-order chi connectivity index (χ1) is 29.7. The maximum Gasteiger partial charge on any atom is 0.252 e. The number of carbonyl (C=O) groups is 3. The number of hydrogen-bond acceptors (Lipinski definition) is 8. The second kappa shape index (κ2) is 16.5. The van der Waals surface area contributed by atoms with Crippen LogP contribution in [0.1, 0.15) is 101 Å². The summed E-state index contributed by atoms with van der Waals surface area (Å²) in [5.74, 6) is 2.24. The standard InChI is InChI=1S/C45H49FN4O3.C5H7NO2/c1-52-41-22-39(38(46)20-37(41)43-34-10-6-5-9-31(34)11-12-35(43)30-7-3-2-4-8-30)49-15-13-45(14-16-49)23-29(24-45)26-48-17-18-50-33(27-48)28-53-42-21-36-32(19-40(42)50)25-47-44(36)51;7-4-2-1-3-5(8)6-4/h2-10,19-22,29,33,35,43H,11-18,23-28H2,1H3,(H,47,51);1-3H2,(H,6,7,8). The van der Waals surface area contributed by atoms with Crippen LogP contribution in [0.5, 0.6) is 11.5 Å². The third-order valence-corrected chi connectivity index (χ3v) is 14.8. The van der Waals surface area contributed by atoms with Crippen molar-refractivity contribution in [1.82, 2.24) is 15.5 Å². The Hall–Kier alpha value is -5.42. The summed E-state index contributed by atoms with van der Waals surface area (Å²) >= 11 is 0. The Morgan fingerprint density at radius 2 is 1.61 bits per heavy atom. The van der Waals surface area contributed by atoms with E-state index in [2.05, 4.69) is 86.0 Å². The zero-order valence-corrected chi connectivity index (χ0v) is 35.1. The Morgan fingerprint density at radius 3 is 2.36 bits per heavy atom. The van der Waals surface area contributed by atoms with Gasteiger partial charge in [-0.2, -0.15) is 0 Å². The minimum Gasteiger partial charge on any atom is -0.496 e. The van der Waals surface area contributed by atoms with E-state index in [-0.39, 0.29) is 35.4 Å². The highest BCUT2D eigenvalue weighted by Gasteiger charge is 2.47. The van der Waals surface area contributed by atoms with E-state index in [4.69, 9.17) is 9.47 Å². The molecule has 318 valence electrons. The van der Waals surface area contributed by atoms with Crippen LogP contribution >= 0.6 is 0 Å². The fourth-order valence-electron chi connectivity index (χ4n) is 11.7. The number of amides is 3. The molecular formula is C50H56FN5O5. The quantitative estimate of drug-likeness (QED) is 0.195. The number of piperazine rings is 1. The average Bonchev–Trinajstić information content (AvgIpc) is 3.64. The molecule has 61 heavy (non-hydrogen) atoms. The molecule has 1 saturated carbocycles. The molecule has 0 bridgehead atoms. The number of rotatable bonds is 6. The van der Waals surface area contributed by atoms with Crippen LogP contribution in [0.3, 0.4) is 0 Å². The summed E-state index contributed by atoms with van der Waals surface area (Å²) in [5.41, 5.74) is 8.94. The number of piperidine rings is 2. The van der Waals surface area contributed by atoms with Crippen molar-refractivity contribution in [3.63, 3.8) is 0 Å². The SMILES string of the molecule is COc1cc(N2CCC3(CC2)CC(CN2CCN4c5cc6c(cc5OCC4C2)C(=O)NC6)C3)c(F)cc1C1c2ccccc2CCC1c1ccccc1.O=C1CCCC(=O)N1. The van der Waals surface area contributed by atoms with Gasteiger partial charge in [-0.05, 0) is 103 Å². The summed E-state index contributed by atoms with van der Waals surface area (Å²) in [6.45, 7) is 7.24. The predicted octanol–water partition coefficient (Wildman–Crippen LogP) is 7.33. The third-order valence-electron chi connectivity index (χ3n) is 14.8. The summed E-state index contributed by atoms with van der Waals surface area (Å²) in [7, 11) is 1.73. The fraction of sp³-hybridized carbons (Fsp3) is 0.460. The zero-order valence-electron chi connectivity index (χ0n) is 35.1. The number of methoxy groups -OCH3 is 1. The predicted molar refractivity (Wildman–Crippen MR) is 233 cm³/mol. The van der Waals surface area contributed by atoms with Crippen molar-refractivity contribution in [3.05, 3.63) is 118 Å². The van der Waals surface area contributed by atoms with Crippen molar-refractivity contribution < 1.29 is 28.2 Å². The normalized spacial score (nSPS) is 24.2. The van der Waals surface area contributed by atoms with E-state index in [0.717, 1.165) is 105 Å². The first-order valence-corrected chi connectivity index (χ1v) is 22.4. The molecule has 5 heterocycles. The van der Waals surface area contributed by atoms with Crippen molar-refractivity contribution in [1.29, 1.82) is 0 Å². The van der Waals surface area contributed by atoms with Gasteiger partial charge in [0.15, 0.2) is 0 Å². The lowest BCUT2D eigenvalue weighted by Gasteiger charge is -2.54. The number of fused-ring (bicyclic) bond motifs is 5. The summed E-state index contributed by atoms with van der Waals surface area (Å²) in [5, 5.41) is 5.14. The molecule has 2 aliphatic carbocycles. The molecule has 1 spiro atoms. The second-order valence-electron chi connectivity index (χ2n) is 18.4. The van der Waals surface area contributed by atoms with E-state index < -0.39 is 0 Å². The molecule has 4 aromatic rings. The van der Waals surface area contributed by atoms with Crippen LogP contribution in [-0.2, 0) is 22.6 Å². The van der Waals surface area contributed by atoms with E-state index in [0.29, 0.717) is 49.6 Å². The van der Waals surface area contributed by atoms with Crippen LogP contribution in [0.4, 0.5) is 15.8 Å². The minimum atomic E-state index is -0.138. The topological polar surface area (TPSA) is 103 Å². The number of ether oxygens (including phenoxy) is 2. The Bertz CT molecular complexity index is 2310. The number of hydrogen-bond donors (Lipinski definition) is 2. The number of halogens is 1. The van der Waals surface area contributed by atoms with Crippen molar-refractivity contribution in [2.24, 2.45) is 11.3 Å². The lowest BCUT2D eigenvalue weighted by molar-refractivity contribution is -0.132. The van der Waals surface area contributed by atoms with Gasteiger partial charge in [0.25, 0.3) is 5.91 Å². The molecule has 4 fully saturated rings. The van der Waals surface area contributed by atoms with Crippen molar-refractivity contribution in [2.45, 2.75) is 82.2 Å². The molecule has 3 saturated heterocycles. The summed E-state index contributed by atoms with van der Waals surface area (Å²) in [6.07, 6.45) is 8.54. The van der Waals surface area contributed by atoms with Gasteiger partial charge in [-0.25, -0.2) is 4.39 Å². The van der Waals surface area contributed by atoms with Crippen molar-refractivity contribution >= 4 is 29.1 Å². The second-order valence-corrected chi connectivity index (χ2v) is 18.4. The molecule has 3 amide bonds. The number of anilines is 2. The maximum absolute atomic E-state index is 16.4. The van der Waals surface area contributed by atoms with Crippen LogP contribution in [-0.4, -0.2) is 81.6 Å². The molecule has 2 N–H and O–H groups in total. The van der Waals surface area contributed by atoms with Crippen LogP contribution in [0.15, 0.2) is 78.9 Å². The van der Waals surface area contributed by atoms with Gasteiger partial charge in [-0.3, -0.25) is 24.6 Å². The van der Waals surface area contributed by atoms with E-state index in [1.807, 2.05) is 12.1 Å². The number of imide groups is 1. The van der Waals surface area contributed by atoms with E-state index in [1.54, 1.807) is 13.2 Å². The van der Waals surface area contributed by atoms with Gasteiger partial charge in [-0.1, -0.05) is 54.6 Å². The minimum absolute atomic E-state index is 0.00224. The first kappa shape index (κ1) is 39.7. The van der Waals surface area contributed by atoms with E-state index in [9.17, 15) is 14.4 Å². The van der Waals surface area contributed by atoms with Gasteiger partial charge < -0.3 is 24.6 Å². The van der Waals surface area contributed by atoms with E-state index in [1.165, 1.54) is 29.5 Å². The molecule has 0 radical (unpaired) electrons. The zero-order chi connectivity index (χ0) is 41.7. The Labute approximate surface area is 357 Å². The molecule has 11 heteroatoms. The Kier molecular flexibility index (Phi) is 10.7. The summed E-state index contributed by atoms with van der Waals surface area (Å²) in [6, 6.07) is 27.6. The number of aryl methyl sites for hydroxylation is 1. The number of benzene rings is 4. The van der Waals surface area contributed by atoms with Crippen LogP contribution in [0, 0.1) is 17.2 Å². The van der Waals surface area contributed by atoms with Gasteiger partial charge in [0.05, 0.1) is 24.5 Å². The van der Waals surface area contributed by atoms with E-state index >= 15 is 4.39 Å². The van der Waals surface area contributed by atoms with Crippen LogP contribution in [0.25, 0.3) is 0 Å². The highest BCUT2D eigenvalue weighted by atomic mass is 19.1. The highest BCUT2D eigenvalue weighted by Crippen LogP contribution is 2.54. The summed E-state index contributed by atoms with van der Waals surface area (Å²) < 4.78 is 28.7. The lowest BCUT2D eigenvalue weighted by Crippen LogP contribution is -2.59. The molecule has 3 unspecified atom stereocenters. The van der Waals surface area contributed by atoms with Gasteiger partial charge in [-0.15, -0.1) is 0 Å². The third kappa shape index (κ3) is 7.75. The summed E-state index contributed by atoms with van der Waals surface area (Å²) in [4.78, 5) is 40.3. The molecule has 10 nitrogen and oxygen atoms in total. The maximum atomic E-state index is 16.4. The average molecular weight is 826 g/mol. The molecule has 5 aliphatic heterocycles. The number of nitrogens with one attached hydrogen (secondary N) is 2. The molecular weight excluding hydrogens is 770 g/mol. The highest BCUT2D eigenvalue weighted by molar-refractivity contribution is 5.99. The van der Waals surface area contributed by atoms with Crippen molar-refractivity contribution in [3.8, 4) is 11.5 Å². The molecule has 3 atom stereocenters. The van der Waals surface area contributed by atoms with Gasteiger partial charge in [0.2, 0.25) is 11.8 Å². The molecule has 11 rings (SSSR count). The fourth-order valence-corrected chi connectivity index (χ4v) is 11.7. The largest absolute Gasteiger partial charge is 0.496 e. The number of nitrogens with zero attached hydrogens (tertiary/aromatic N) is 3. The Balaban J connectivity index is 0.000000503. The monoisotopic (exact) mass is 825 g/mol. The Morgan fingerprint density at radius 1 is 0.836 bits per heavy atom. The molecule has 0 aromatic heterocycles. The van der Waals surface area contributed by atoms with Gasteiger partial charge in [0, 0.05) is 81.8 Å². The molecule has 7 aliphatic rings. The van der Waals surface area contributed by atoms with Crippen LogP contribution < -0.4 is 29.9 Å². The molecule has 4 aromatic carbocycles. The van der Waals surface area contributed by atoms with Crippen LogP contribution in [0.2, 0.25) is 0 Å². The van der Waals surface area contributed by atoms with Crippen molar-refractivity contribution in [2.75, 3.05) is 62.8 Å². The van der Waals surface area contributed by atoms with Gasteiger partial charge >= 0.3 is 0 Å². The lowest BCUT2D eigenvalue weighted by atomic mass is 9.57. The first-order valence-electron chi connectivity index (χ1n) is 22.4. The van der Waals surface area contributed by atoms with Gasteiger partial charge in [0.1, 0.15) is 23.9 Å². The smallest absolute Gasteiger partial charge is 0.252 e.